The van der Waals surface area contributed by atoms with Gasteiger partial charge in [0, 0.05) is 18.5 Å². The Bertz CT molecular complexity index is 248. The third kappa shape index (κ3) is 5.00. The molecule has 0 aromatic heterocycles. The number of amidine groups is 1. The number of amides is 2. The van der Waals surface area contributed by atoms with Crippen LogP contribution in [0.3, 0.4) is 0 Å². The first-order valence-electron chi connectivity index (χ1n) is 5.98. The lowest BCUT2D eigenvalue weighted by molar-refractivity contribution is 0.230. The highest BCUT2D eigenvalue weighted by molar-refractivity contribution is 5.79. The minimum absolute atomic E-state index is 0.0823. The maximum Gasteiger partial charge on any atom is 0.315 e. The Labute approximate surface area is 96.7 Å². The number of hydrogen-bond donors (Lipinski definition) is 4. The third-order valence-corrected chi connectivity index (χ3v) is 2.84. The van der Waals surface area contributed by atoms with Gasteiger partial charge in [-0.05, 0) is 19.8 Å². The monoisotopic (exact) mass is 226 g/mol. The normalized spacial score (nSPS) is 18.8. The molecule has 1 fully saturated rings. The zero-order valence-electron chi connectivity index (χ0n) is 9.88. The molecule has 0 spiro atoms. The van der Waals surface area contributed by atoms with Gasteiger partial charge < -0.3 is 16.4 Å². The summed E-state index contributed by atoms with van der Waals surface area (Å²) in [6, 6.07) is 0.0972. The van der Waals surface area contributed by atoms with E-state index in [-0.39, 0.29) is 17.9 Å². The van der Waals surface area contributed by atoms with Crippen LogP contribution in [0.1, 0.15) is 45.4 Å². The molecule has 1 unspecified atom stereocenters. The molecule has 1 rings (SSSR count). The van der Waals surface area contributed by atoms with Crippen LogP contribution in [0.5, 0.6) is 0 Å². The third-order valence-electron chi connectivity index (χ3n) is 2.84. The van der Waals surface area contributed by atoms with E-state index in [0.717, 1.165) is 12.8 Å². The van der Waals surface area contributed by atoms with Crippen molar-refractivity contribution < 1.29 is 4.79 Å². The van der Waals surface area contributed by atoms with E-state index in [4.69, 9.17) is 11.1 Å². The van der Waals surface area contributed by atoms with Crippen LogP contribution < -0.4 is 16.4 Å². The summed E-state index contributed by atoms with van der Waals surface area (Å²) in [5.74, 6) is 0.102. The molecule has 16 heavy (non-hydrogen) atoms. The molecule has 5 N–H and O–H groups in total. The van der Waals surface area contributed by atoms with Gasteiger partial charge >= 0.3 is 6.03 Å². The van der Waals surface area contributed by atoms with Crippen molar-refractivity contribution in [1.29, 1.82) is 5.41 Å². The molecule has 0 saturated heterocycles. The molecule has 1 saturated carbocycles. The zero-order valence-corrected chi connectivity index (χ0v) is 9.88. The molecule has 0 aliphatic heterocycles. The molecule has 1 aliphatic carbocycles. The number of hydrogen-bond acceptors (Lipinski definition) is 2. The second-order valence-electron chi connectivity index (χ2n) is 4.58. The lowest BCUT2D eigenvalue weighted by atomic mass is 9.96. The van der Waals surface area contributed by atoms with Crippen LogP contribution in [-0.4, -0.2) is 24.0 Å². The summed E-state index contributed by atoms with van der Waals surface area (Å²) in [5, 5.41) is 12.9. The molecule has 92 valence electrons. The van der Waals surface area contributed by atoms with Crippen LogP contribution in [0.25, 0.3) is 0 Å². The molecular formula is C11H22N4O. The number of carbonyl (C=O) groups is 1. The number of nitrogens with one attached hydrogen (secondary N) is 3. The summed E-state index contributed by atoms with van der Waals surface area (Å²) >= 11 is 0. The Morgan fingerprint density at radius 2 is 2.06 bits per heavy atom. The highest BCUT2D eigenvalue weighted by Crippen LogP contribution is 2.17. The van der Waals surface area contributed by atoms with E-state index >= 15 is 0 Å². The average molecular weight is 226 g/mol. The van der Waals surface area contributed by atoms with Crippen molar-refractivity contribution in [3.8, 4) is 0 Å². The first kappa shape index (κ1) is 12.8. The predicted molar refractivity (Wildman–Crippen MR) is 64.5 cm³/mol. The van der Waals surface area contributed by atoms with Crippen LogP contribution in [0, 0.1) is 5.41 Å². The average Bonchev–Trinajstić information content (AvgIpc) is 2.17. The Balaban J connectivity index is 2.21. The van der Waals surface area contributed by atoms with E-state index < -0.39 is 0 Å². The van der Waals surface area contributed by atoms with Gasteiger partial charge in [0.25, 0.3) is 0 Å². The molecule has 0 aromatic carbocycles. The summed E-state index contributed by atoms with van der Waals surface area (Å²) in [6.45, 7) is 1.85. The summed E-state index contributed by atoms with van der Waals surface area (Å²) in [5.41, 5.74) is 5.26. The van der Waals surface area contributed by atoms with Gasteiger partial charge in [0.05, 0.1) is 5.84 Å². The van der Waals surface area contributed by atoms with E-state index in [9.17, 15) is 4.79 Å². The van der Waals surface area contributed by atoms with Crippen molar-refractivity contribution >= 4 is 11.9 Å². The fourth-order valence-corrected chi connectivity index (χ4v) is 2.08. The maximum absolute atomic E-state index is 11.6. The van der Waals surface area contributed by atoms with Crippen LogP contribution in [0.15, 0.2) is 0 Å². The lowest BCUT2D eigenvalue weighted by Crippen LogP contribution is -2.46. The highest BCUT2D eigenvalue weighted by Gasteiger charge is 2.16. The molecule has 5 nitrogen and oxygen atoms in total. The van der Waals surface area contributed by atoms with Crippen molar-refractivity contribution in [2.24, 2.45) is 5.73 Å². The lowest BCUT2D eigenvalue weighted by Gasteiger charge is -2.24. The van der Waals surface area contributed by atoms with Crippen LogP contribution in [0.2, 0.25) is 0 Å². The number of rotatable bonds is 4. The van der Waals surface area contributed by atoms with Crippen molar-refractivity contribution in [3.05, 3.63) is 0 Å². The van der Waals surface area contributed by atoms with E-state index in [1.165, 1.54) is 19.3 Å². The Kier molecular flexibility index (Phi) is 5.08. The van der Waals surface area contributed by atoms with Crippen LogP contribution >= 0.6 is 0 Å². The molecule has 0 radical (unpaired) electrons. The largest absolute Gasteiger partial charge is 0.388 e. The molecule has 0 heterocycles. The van der Waals surface area contributed by atoms with E-state index in [1.54, 1.807) is 0 Å². The standard InChI is InChI=1S/C11H22N4O/c1-8(7-10(12)13)14-11(16)15-9-5-3-2-4-6-9/h8-9H,2-7H2,1H3,(H3,12,13)(H2,14,15,16). The van der Waals surface area contributed by atoms with Crippen molar-refractivity contribution in [3.63, 3.8) is 0 Å². The van der Waals surface area contributed by atoms with E-state index in [0.29, 0.717) is 12.5 Å². The minimum atomic E-state index is -0.138. The van der Waals surface area contributed by atoms with E-state index in [2.05, 4.69) is 10.6 Å². The van der Waals surface area contributed by atoms with Gasteiger partial charge in [-0.25, -0.2) is 4.79 Å². The van der Waals surface area contributed by atoms with Gasteiger partial charge in [-0.2, -0.15) is 0 Å². The Morgan fingerprint density at radius 1 is 1.44 bits per heavy atom. The fraction of sp³-hybridized carbons (Fsp3) is 0.818. The van der Waals surface area contributed by atoms with Gasteiger partial charge in [0.15, 0.2) is 0 Å². The Hall–Kier alpha value is -1.26. The number of carbonyl (C=O) groups excluding carboxylic acids is 1. The predicted octanol–water partition coefficient (Wildman–Crippen LogP) is 1.33. The summed E-state index contributed by atoms with van der Waals surface area (Å²) in [7, 11) is 0. The van der Waals surface area contributed by atoms with Crippen LogP contribution in [0.4, 0.5) is 4.79 Å². The highest BCUT2D eigenvalue weighted by atomic mass is 16.2. The minimum Gasteiger partial charge on any atom is -0.388 e. The summed E-state index contributed by atoms with van der Waals surface area (Å²) in [6.07, 6.45) is 6.24. The van der Waals surface area contributed by atoms with E-state index in [1.807, 2.05) is 6.92 Å². The number of nitrogens with two attached hydrogens (primary N) is 1. The van der Waals surface area contributed by atoms with Crippen molar-refractivity contribution in [1.82, 2.24) is 10.6 Å². The zero-order chi connectivity index (χ0) is 12.0. The topological polar surface area (TPSA) is 91.0 Å². The van der Waals surface area contributed by atoms with Gasteiger partial charge in [-0.1, -0.05) is 19.3 Å². The van der Waals surface area contributed by atoms with Crippen molar-refractivity contribution in [2.75, 3.05) is 0 Å². The maximum atomic E-state index is 11.6. The second-order valence-corrected chi connectivity index (χ2v) is 4.58. The summed E-state index contributed by atoms with van der Waals surface area (Å²) < 4.78 is 0. The SMILES string of the molecule is CC(CC(=N)N)NC(=O)NC1CCCCC1. The Morgan fingerprint density at radius 3 is 2.62 bits per heavy atom. The molecule has 2 amide bonds. The fourth-order valence-electron chi connectivity index (χ4n) is 2.08. The van der Waals surface area contributed by atoms with Gasteiger partial charge in [-0.3, -0.25) is 5.41 Å². The van der Waals surface area contributed by atoms with Crippen molar-refractivity contribution in [2.45, 2.75) is 57.5 Å². The molecule has 5 heteroatoms. The van der Waals surface area contributed by atoms with Gasteiger partial charge in [0.2, 0.25) is 0 Å². The molecule has 1 aliphatic rings. The molecular weight excluding hydrogens is 204 g/mol. The first-order valence-corrected chi connectivity index (χ1v) is 5.98. The van der Waals surface area contributed by atoms with Gasteiger partial charge in [-0.15, -0.1) is 0 Å². The number of urea groups is 1. The quantitative estimate of drug-likeness (QED) is 0.430. The molecule has 1 atom stereocenters. The molecule has 0 aromatic rings. The van der Waals surface area contributed by atoms with Crippen LogP contribution in [-0.2, 0) is 0 Å². The van der Waals surface area contributed by atoms with Gasteiger partial charge in [0.1, 0.15) is 0 Å². The first-order chi connectivity index (χ1) is 7.58. The smallest absolute Gasteiger partial charge is 0.315 e. The second kappa shape index (κ2) is 6.35. The molecule has 0 bridgehead atoms. The summed E-state index contributed by atoms with van der Waals surface area (Å²) in [4.78, 5) is 11.6.